The van der Waals surface area contributed by atoms with E-state index in [1.165, 1.54) is 6.92 Å². The molecule has 0 bridgehead atoms. The number of aliphatic hydroxyl groups excluding tert-OH is 1. The monoisotopic (exact) mass is 360 g/mol. The second kappa shape index (κ2) is 16.0. The van der Waals surface area contributed by atoms with Crippen LogP contribution in [-0.2, 0) is 4.74 Å². The van der Waals surface area contributed by atoms with E-state index in [0.29, 0.717) is 0 Å². The molecule has 18 heavy (non-hydrogen) atoms. The van der Waals surface area contributed by atoms with E-state index in [9.17, 15) is 26.3 Å². The molecule has 0 saturated carbocycles. The standard InChI is InChI=1S/C4H7F3O.C2H5Br.C2H3F3O.Na.H/c1-2-8-3-4(5,6)7;1-2-3;3-2(4,5)1-6;;/h2-3H2,1H3;2H2,1H3;6H,1H2;;/q;;;+1;-1. The average molecular weight is 361 g/mol. The fraction of sp³-hybridized carbons (Fsp3) is 1.00. The summed E-state index contributed by atoms with van der Waals surface area (Å²) in [5.41, 5.74) is 0. The smallest absolute Gasteiger partial charge is 1.00 e. The third-order valence-corrected chi connectivity index (χ3v) is 0.649. The Morgan fingerprint density at radius 3 is 1.39 bits per heavy atom. The molecule has 0 saturated heterocycles. The van der Waals surface area contributed by atoms with Gasteiger partial charge in [-0.2, -0.15) is 26.3 Å². The van der Waals surface area contributed by atoms with Crippen molar-refractivity contribution in [3.05, 3.63) is 0 Å². The molecule has 10 heteroatoms. The van der Waals surface area contributed by atoms with Crippen LogP contribution in [-0.4, -0.2) is 42.6 Å². The van der Waals surface area contributed by atoms with E-state index in [1.54, 1.807) is 0 Å². The Hall–Kier alpha value is 0.980. The summed E-state index contributed by atoms with van der Waals surface area (Å²) < 4.78 is 69.0. The Kier molecular flexibility index (Phi) is 24.4. The Bertz CT molecular complexity index is 159. The van der Waals surface area contributed by atoms with Crippen LogP contribution < -0.4 is 29.6 Å². The quantitative estimate of drug-likeness (QED) is 0.445. The molecule has 2 nitrogen and oxygen atoms in total. The van der Waals surface area contributed by atoms with Crippen molar-refractivity contribution in [1.29, 1.82) is 0 Å². The minimum atomic E-state index is -4.40. The summed E-state index contributed by atoms with van der Waals surface area (Å²) in [5.74, 6) is 0. The average Bonchev–Trinajstić information content (AvgIpc) is 2.15. The van der Waals surface area contributed by atoms with Crippen molar-refractivity contribution in [3.8, 4) is 0 Å². The van der Waals surface area contributed by atoms with E-state index in [4.69, 9.17) is 5.11 Å². The summed E-state index contributed by atoms with van der Waals surface area (Å²) in [6, 6.07) is 0. The first-order valence-corrected chi connectivity index (χ1v) is 5.54. The van der Waals surface area contributed by atoms with Gasteiger partial charge in [-0.05, 0) is 6.92 Å². The second-order valence-electron chi connectivity index (χ2n) is 2.29. The van der Waals surface area contributed by atoms with Crippen LogP contribution in [0.1, 0.15) is 15.3 Å². The van der Waals surface area contributed by atoms with Crippen molar-refractivity contribution in [2.75, 3.05) is 25.2 Å². The van der Waals surface area contributed by atoms with E-state index in [1.807, 2.05) is 6.92 Å². The van der Waals surface area contributed by atoms with Crippen LogP contribution >= 0.6 is 15.9 Å². The molecule has 1 N–H and O–H groups in total. The van der Waals surface area contributed by atoms with E-state index in [-0.39, 0.29) is 37.6 Å². The Balaban J connectivity index is -0.0000000535. The van der Waals surface area contributed by atoms with E-state index in [2.05, 4.69) is 20.7 Å². The first-order chi connectivity index (χ1) is 7.54. The second-order valence-corrected chi connectivity index (χ2v) is 3.41. The molecule has 0 rings (SSSR count). The van der Waals surface area contributed by atoms with E-state index >= 15 is 0 Å². The minimum Gasteiger partial charge on any atom is -1.00 e. The largest absolute Gasteiger partial charge is 1.00 e. The number of aliphatic hydroxyl groups is 1. The summed E-state index contributed by atoms with van der Waals surface area (Å²) in [4.78, 5) is 0. The molecule has 0 aliphatic carbocycles. The van der Waals surface area contributed by atoms with Gasteiger partial charge in [0.1, 0.15) is 13.2 Å². The summed E-state index contributed by atoms with van der Waals surface area (Å²) >= 11 is 3.15. The zero-order valence-electron chi connectivity index (χ0n) is 11.3. The summed E-state index contributed by atoms with van der Waals surface area (Å²) in [6.45, 7) is 0.807. The van der Waals surface area contributed by atoms with Gasteiger partial charge in [0.15, 0.2) is 0 Å². The number of alkyl halides is 7. The molecule has 0 atom stereocenters. The predicted octanol–water partition coefficient (Wildman–Crippen LogP) is 0.644. The summed E-state index contributed by atoms with van der Waals surface area (Å²) in [6.07, 6.45) is -8.57. The molecular formula is C8H16BrF6NaO2. The van der Waals surface area contributed by atoms with E-state index < -0.39 is 25.6 Å². The zero-order valence-corrected chi connectivity index (χ0v) is 13.9. The maximum absolute atomic E-state index is 11.1. The van der Waals surface area contributed by atoms with Gasteiger partial charge in [-0.15, -0.1) is 0 Å². The van der Waals surface area contributed by atoms with Crippen LogP contribution in [0.3, 0.4) is 0 Å². The van der Waals surface area contributed by atoms with Crippen LogP contribution in [0.4, 0.5) is 26.3 Å². The van der Waals surface area contributed by atoms with Crippen LogP contribution in [0, 0.1) is 0 Å². The predicted molar refractivity (Wildman–Crippen MR) is 56.3 cm³/mol. The third kappa shape index (κ3) is 53.8. The molecule has 0 spiro atoms. The van der Waals surface area contributed by atoms with Crippen molar-refractivity contribution >= 4 is 15.9 Å². The van der Waals surface area contributed by atoms with Crippen molar-refractivity contribution in [1.82, 2.24) is 0 Å². The van der Waals surface area contributed by atoms with Crippen LogP contribution in [0.25, 0.3) is 0 Å². The number of halogens is 7. The molecule has 0 unspecified atom stereocenters. The van der Waals surface area contributed by atoms with Crippen LogP contribution in [0.15, 0.2) is 0 Å². The molecule has 110 valence electrons. The van der Waals surface area contributed by atoms with E-state index in [0.717, 1.165) is 5.33 Å². The molecule has 0 amide bonds. The molecule has 0 aliphatic rings. The van der Waals surface area contributed by atoms with Gasteiger partial charge in [-0.1, -0.05) is 22.9 Å². The van der Waals surface area contributed by atoms with Gasteiger partial charge in [-0.3, -0.25) is 0 Å². The zero-order chi connectivity index (χ0) is 14.5. The van der Waals surface area contributed by atoms with Crippen molar-refractivity contribution in [2.24, 2.45) is 0 Å². The van der Waals surface area contributed by atoms with Crippen molar-refractivity contribution in [3.63, 3.8) is 0 Å². The van der Waals surface area contributed by atoms with Gasteiger partial charge in [0.2, 0.25) is 0 Å². The molecule has 0 aromatic carbocycles. The first-order valence-electron chi connectivity index (χ1n) is 4.42. The van der Waals surface area contributed by atoms with Crippen LogP contribution in [0.5, 0.6) is 0 Å². The number of ether oxygens (including phenoxy) is 1. The van der Waals surface area contributed by atoms with Gasteiger partial charge in [0.25, 0.3) is 0 Å². The summed E-state index contributed by atoms with van der Waals surface area (Å²) in [5, 5.41) is 8.34. The Labute approximate surface area is 134 Å². The van der Waals surface area contributed by atoms with Gasteiger partial charge >= 0.3 is 41.9 Å². The van der Waals surface area contributed by atoms with Gasteiger partial charge in [-0.25, -0.2) is 0 Å². The number of hydrogen-bond acceptors (Lipinski definition) is 2. The maximum atomic E-state index is 11.1. The van der Waals surface area contributed by atoms with Crippen molar-refractivity contribution < 1.29 is 67.2 Å². The normalized spacial score (nSPS) is 10.3. The van der Waals surface area contributed by atoms with Crippen LogP contribution in [0.2, 0.25) is 0 Å². The Morgan fingerprint density at radius 1 is 1.06 bits per heavy atom. The molecule has 0 aromatic heterocycles. The minimum absolute atomic E-state index is 0. The topological polar surface area (TPSA) is 29.5 Å². The summed E-state index contributed by atoms with van der Waals surface area (Å²) in [7, 11) is 0. The fourth-order valence-electron chi connectivity index (χ4n) is 0.218. The molecular weight excluding hydrogens is 345 g/mol. The first kappa shape index (κ1) is 27.3. The Morgan fingerprint density at radius 2 is 1.33 bits per heavy atom. The number of hydrogen-bond donors (Lipinski definition) is 1. The molecule has 0 radical (unpaired) electrons. The maximum Gasteiger partial charge on any atom is 1.00 e. The van der Waals surface area contributed by atoms with Gasteiger partial charge in [0, 0.05) is 11.9 Å². The van der Waals surface area contributed by atoms with Crippen molar-refractivity contribution in [2.45, 2.75) is 26.2 Å². The molecule has 0 heterocycles. The molecule has 0 fully saturated rings. The SMILES string of the molecule is CCBr.CCOCC(F)(F)F.OCC(F)(F)F.[H-].[Na+]. The van der Waals surface area contributed by atoms with Gasteiger partial charge < -0.3 is 11.3 Å². The third-order valence-electron chi connectivity index (χ3n) is 0.649. The number of rotatable bonds is 2. The molecule has 0 aromatic rings. The van der Waals surface area contributed by atoms with Gasteiger partial charge in [0.05, 0.1) is 0 Å². The fourth-order valence-corrected chi connectivity index (χ4v) is 0.218. The molecule has 0 aliphatic heterocycles.